The number of rotatable bonds is 1. The molecule has 0 saturated carbocycles. The molecule has 1 aromatic carbocycles. The van der Waals surface area contributed by atoms with Gasteiger partial charge in [-0.05, 0) is 56.7 Å². The zero-order valence-corrected chi connectivity index (χ0v) is 12.4. The zero-order valence-electron chi connectivity index (χ0n) is 12.4. The van der Waals surface area contributed by atoms with Gasteiger partial charge in [-0.25, -0.2) is 0 Å². The Labute approximate surface area is 120 Å². The van der Waals surface area contributed by atoms with Crippen LogP contribution in [0, 0.1) is 13.8 Å². The highest BCUT2D eigenvalue weighted by molar-refractivity contribution is 5.76. The molecule has 1 saturated heterocycles. The number of phenolic OH excluding ortho intramolecular Hbond substituents is 1. The molecule has 3 rings (SSSR count). The fraction of sp³-hybridized carbons (Fsp3) is 0.529. The van der Waals surface area contributed by atoms with Crippen molar-refractivity contribution in [1.82, 2.24) is 0 Å². The summed E-state index contributed by atoms with van der Waals surface area (Å²) in [5.74, 6) is 0.416. The summed E-state index contributed by atoms with van der Waals surface area (Å²) in [6.07, 6.45) is 8.81. The van der Waals surface area contributed by atoms with Gasteiger partial charge in [0.05, 0.1) is 0 Å². The van der Waals surface area contributed by atoms with Gasteiger partial charge in [-0.1, -0.05) is 12.2 Å². The number of benzene rings is 1. The van der Waals surface area contributed by atoms with Crippen molar-refractivity contribution in [1.29, 1.82) is 0 Å². The van der Waals surface area contributed by atoms with E-state index < -0.39 is 0 Å². The summed E-state index contributed by atoms with van der Waals surface area (Å²) in [6, 6.07) is 2.19. The van der Waals surface area contributed by atoms with E-state index in [1.54, 1.807) is 0 Å². The van der Waals surface area contributed by atoms with Crippen LogP contribution in [0.1, 0.15) is 42.4 Å². The molecule has 2 heterocycles. The van der Waals surface area contributed by atoms with Crippen LogP contribution in [0.15, 0.2) is 12.1 Å². The molecule has 3 heteroatoms. The number of ether oxygens (including phenoxy) is 1. The Kier molecular flexibility index (Phi) is 3.70. The van der Waals surface area contributed by atoms with Crippen molar-refractivity contribution < 1.29 is 9.84 Å². The first-order valence-corrected chi connectivity index (χ1v) is 7.56. The molecular weight excluding hydrogens is 250 g/mol. The van der Waals surface area contributed by atoms with Crippen LogP contribution in [-0.2, 0) is 4.74 Å². The largest absolute Gasteiger partial charge is 0.507 e. The van der Waals surface area contributed by atoms with Crippen LogP contribution in [0.25, 0.3) is 6.08 Å². The van der Waals surface area contributed by atoms with Crippen molar-refractivity contribution in [2.45, 2.75) is 45.8 Å². The molecule has 1 N–H and O–H groups in total. The SMILES string of the molecule is Cc1cc2c(c(O)c1C)C=CCCN2C1CCCCO1. The van der Waals surface area contributed by atoms with Crippen LogP contribution in [0.3, 0.4) is 0 Å². The van der Waals surface area contributed by atoms with E-state index in [2.05, 4.69) is 30.0 Å². The average molecular weight is 273 g/mol. The molecule has 0 spiro atoms. The van der Waals surface area contributed by atoms with E-state index in [0.717, 1.165) is 54.8 Å². The predicted octanol–water partition coefficient (Wildman–Crippen LogP) is 3.76. The molecular formula is C17H23NO2. The summed E-state index contributed by atoms with van der Waals surface area (Å²) in [5, 5.41) is 10.4. The molecule has 0 bridgehead atoms. The van der Waals surface area contributed by atoms with E-state index in [-0.39, 0.29) is 6.23 Å². The third-order valence-electron chi connectivity index (χ3n) is 4.46. The lowest BCUT2D eigenvalue weighted by molar-refractivity contribution is 0.0145. The second kappa shape index (κ2) is 5.49. The Morgan fingerprint density at radius 2 is 2.15 bits per heavy atom. The molecule has 2 aliphatic rings. The number of aromatic hydroxyl groups is 1. The number of fused-ring (bicyclic) bond motifs is 1. The molecule has 0 radical (unpaired) electrons. The molecule has 2 aliphatic heterocycles. The molecule has 1 atom stereocenters. The van der Waals surface area contributed by atoms with Crippen molar-refractivity contribution in [3.05, 3.63) is 28.8 Å². The van der Waals surface area contributed by atoms with Crippen molar-refractivity contribution in [3.63, 3.8) is 0 Å². The van der Waals surface area contributed by atoms with Crippen LogP contribution in [0.2, 0.25) is 0 Å². The van der Waals surface area contributed by atoms with Crippen molar-refractivity contribution in [2.24, 2.45) is 0 Å². The number of phenols is 1. The fourth-order valence-corrected chi connectivity index (χ4v) is 3.11. The number of nitrogens with zero attached hydrogens (tertiary/aromatic N) is 1. The molecule has 0 aliphatic carbocycles. The zero-order chi connectivity index (χ0) is 14.1. The molecule has 108 valence electrons. The lowest BCUT2D eigenvalue weighted by Gasteiger charge is -2.36. The molecule has 0 amide bonds. The summed E-state index contributed by atoms with van der Waals surface area (Å²) in [5.41, 5.74) is 4.17. The minimum absolute atomic E-state index is 0.156. The Bertz CT molecular complexity index is 530. The van der Waals surface area contributed by atoms with E-state index in [1.165, 1.54) is 6.42 Å². The maximum atomic E-state index is 10.4. The van der Waals surface area contributed by atoms with Gasteiger partial charge in [-0.3, -0.25) is 0 Å². The van der Waals surface area contributed by atoms with Gasteiger partial charge in [0.15, 0.2) is 0 Å². The second-order valence-electron chi connectivity index (χ2n) is 5.81. The molecule has 0 aromatic heterocycles. The number of anilines is 1. The first-order valence-electron chi connectivity index (χ1n) is 7.56. The first kappa shape index (κ1) is 13.5. The van der Waals surface area contributed by atoms with Crippen molar-refractivity contribution in [3.8, 4) is 5.75 Å². The molecule has 1 aromatic rings. The normalized spacial score (nSPS) is 22.5. The number of hydrogen-bond acceptors (Lipinski definition) is 3. The van der Waals surface area contributed by atoms with Gasteiger partial charge >= 0.3 is 0 Å². The lowest BCUT2D eigenvalue weighted by atomic mass is 10.0. The summed E-state index contributed by atoms with van der Waals surface area (Å²) in [6.45, 7) is 5.84. The summed E-state index contributed by atoms with van der Waals surface area (Å²) >= 11 is 0. The van der Waals surface area contributed by atoms with Gasteiger partial charge in [-0.15, -0.1) is 0 Å². The standard InChI is InChI=1S/C17H23NO2/c1-12-11-15-14(17(19)13(12)2)7-3-5-9-18(15)16-8-4-6-10-20-16/h3,7,11,16,19H,4-6,8-10H2,1-2H3. The third-order valence-corrected chi connectivity index (χ3v) is 4.46. The number of hydrogen-bond donors (Lipinski definition) is 1. The average Bonchev–Trinajstić information content (AvgIpc) is 2.68. The molecule has 1 fully saturated rings. The van der Waals surface area contributed by atoms with Gasteiger partial charge in [0.2, 0.25) is 0 Å². The maximum absolute atomic E-state index is 10.4. The Hall–Kier alpha value is -1.48. The monoisotopic (exact) mass is 273 g/mol. The van der Waals surface area contributed by atoms with Gasteiger partial charge in [0, 0.05) is 24.4 Å². The lowest BCUT2D eigenvalue weighted by Crippen LogP contribution is -2.40. The highest BCUT2D eigenvalue weighted by Gasteiger charge is 2.26. The van der Waals surface area contributed by atoms with E-state index in [9.17, 15) is 5.11 Å². The van der Waals surface area contributed by atoms with Crippen LogP contribution in [-0.4, -0.2) is 24.5 Å². The van der Waals surface area contributed by atoms with Crippen LogP contribution >= 0.6 is 0 Å². The third kappa shape index (κ3) is 2.31. The van der Waals surface area contributed by atoms with E-state index in [1.807, 2.05) is 6.92 Å². The van der Waals surface area contributed by atoms with E-state index >= 15 is 0 Å². The highest BCUT2D eigenvalue weighted by Crippen LogP contribution is 2.38. The second-order valence-corrected chi connectivity index (χ2v) is 5.81. The summed E-state index contributed by atoms with van der Waals surface area (Å²) in [7, 11) is 0. The Morgan fingerprint density at radius 3 is 2.90 bits per heavy atom. The van der Waals surface area contributed by atoms with E-state index in [0.29, 0.717) is 5.75 Å². The van der Waals surface area contributed by atoms with Gasteiger partial charge in [0.1, 0.15) is 12.0 Å². The molecule has 3 nitrogen and oxygen atoms in total. The molecule has 1 unspecified atom stereocenters. The fourth-order valence-electron chi connectivity index (χ4n) is 3.11. The van der Waals surface area contributed by atoms with Crippen LogP contribution < -0.4 is 4.90 Å². The minimum Gasteiger partial charge on any atom is -0.507 e. The quantitative estimate of drug-likeness (QED) is 0.845. The maximum Gasteiger partial charge on any atom is 0.130 e. The summed E-state index contributed by atoms with van der Waals surface area (Å²) < 4.78 is 5.96. The highest BCUT2D eigenvalue weighted by atomic mass is 16.5. The van der Waals surface area contributed by atoms with Crippen molar-refractivity contribution >= 4 is 11.8 Å². The van der Waals surface area contributed by atoms with E-state index in [4.69, 9.17) is 4.74 Å². The summed E-state index contributed by atoms with van der Waals surface area (Å²) in [4.78, 5) is 2.33. The number of aryl methyl sites for hydroxylation is 1. The topological polar surface area (TPSA) is 32.7 Å². The Morgan fingerprint density at radius 1 is 1.30 bits per heavy atom. The van der Waals surface area contributed by atoms with Crippen LogP contribution in [0.4, 0.5) is 5.69 Å². The minimum atomic E-state index is 0.156. The van der Waals surface area contributed by atoms with Gasteiger partial charge in [-0.2, -0.15) is 0 Å². The van der Waals surface area contributed by atoms with Crippen molar-refractivity contribution in [2.75, 3.05) is 18.1 Å². The van der Waals surface area contributed by atoms with Gasteiger partial charge < -0.3 is 14.7 Å². The smallest absolute Gasteiger partial charge is 0.130 e. The Balaban J connectivity index is 2.04. The first-order chi connectivity index (χ1) is 9.68. The van der Waals surface area contributed by atoms with Gasteiger partial charge in [0.25, 0.3) is 0 Å². The predicted molar refractivity (Wildman–Crippen MR) is 82.2 cm³/mol. The van der Waals surface area contributed by atoms with Crippen LogP contribution in [0.5, 0.6) is 5.75 Å². The molecule has 20 heavy (non-hydrogen) atoms.